The summed E-state index contributed by atoms with van der Waals surface area (Å²) in [4.78, 5) is 14.0. The van der Waals surface area contributed by atoms with Crippen LogP contribution in [0.2, 0.25) is 0 Å². The molecule has 1 saturated carbocycles. The monoisotopic (exact) mass is 252 g/mol. The van der Waals surface area contributed by atoms with Gasteiger partial charge in [0.15, 0.2) is 0 Å². The van der Waals surface area contributed by atoms with Gasteiger partial charge in [-0.05, 0) is 43.4 Å². The van der Waals surface area contributed by atoms with E-state index in [-0.39, 0.29) is 0 Å². The SMILES string of the molecule is CC1CC(C)(C)CCC1NCC(=O)N1CCCC1. The fourth-order valence-corrected chi connectivity index (χ4v) is 3.55. The van der Waals surface area contributed by atoms with Gasteiger partial charge in [0.2, 0.25) is 5.91 Å². The van der Waals surface area contributed by atoms with E-state index in [2.05, 4.69) is 26.1 Å². The summed E-state index contributed by atoms with van der Waals surface area (Å²) in [5.41, 5.74) is 0.483. The van der Waals surface area contributed by atoms with Gasteiger partial charge >= 0.3 is 0 Å². The van der Waals surface area contributed by atoms with Crippen molar-refractivity contribution in [1.82, 2.24) is 10.2 Å². The van der Waals surface area contributed by atoms with Crippen LogP contribution in [0.5, 0.6) is 0 Å². The summed E-state index contributed by atoms with van der Waals surface area (Å²) in [7, 11) is 0. The Labute approximate surface area is 111 Å². The highest BCUT2D eigenvalue weighted by molar-refractivity contribution is 5.78. The minimum atomic E-state index is 0.296. The van der Waals surface area contributed by atoms with Crippen molar-refractivity contribution in [1.29, 1.82) is 0 Å². The summed E-state index contributed by atoms with van der Waals surface area (Å²) < 4.78 is 0. The van der Waals surface area contributed by atoms with Crippen LogP contribution in [0.4, 0.5) is 0 Å². The average molecular weight is 252 g/mol. The second-order valence-corrected chi connectivity index (χ2v) is 6.96. The predicted molar refractivity (Wildman–Crippen MR) is 74.4 cm³/mol. The van der Waals surface area contributed by atoms with Crippen molar-refractivity contribution < 1.29 is 4.79 Å². The van der Waals surface area contributed by atoms with Crippen molar-refractivity contribution in [2.75, 3.05) is 19.6 Å². The fourth-order valence-electron chi connectivity index (χ4n) is 3.55. The maximum absolute atomic E-state index is 12.0. The number of amides is 1. The number of likely N-dealkylation sites (tertiary alicyclic amines) is 1. The summed E-state index contributed by atoms with van der Waals surface area (Å²) in [6, 6.07) is 0.532. The Balaban J connectivity index is 1.75. The Hall–Kier alpha value is -0.570. The molecule has 1 saturated heterocycles. The third-order valence-corrected chi connectivity index (χ3v) is 4.67. The molecule has 2 unspecified atom stereocenters. The Bertz CT molecular complexity index is 295. The number of carbonyl (C=O) groups excluding carboxylic acids is 1. The Morgan fingerprint density at radius 2 is 2.00 bits per heavy atom. The molecule has 2 rings (SSSR count). The van der Waals surface area contributed by atoms with E-state index in [0.29, 0.717) is 29.8 Å². The third kappa shape index (κ3) is 3.47. The summed E-state index contributed by atoms with van der Waals surface area (Å²) in [6.07, 6.45) is 6.11. The first kappa shape index (κ1) is 13.9. The first-order chi connectivity index (χ1) is 8.48. The zero-order valence-electron chi connectivity index (χ0n) is 12.2. The molecule has 1 N–H and O–H groups in total. The van der Waals surface area contributed by atoms with Gasteiger partial charge in [0.05, 0.1) is 6.54 Å². The standard InChI is InChI=1S/C15H28N2O/c1-12-10-15(2,3)7-6-13(12)16-11-14(18)17-8-4-5-9-17/h12-13,16H,4-11H2,1-3H3. The van der Waals surface area contributed by atoms with Crippen molar-refractivity contribution in [3.8, 4) is 0 Å². The number of rotatable bonds is 3. The molecule has 104 valence electrons. The molecule has 0 aromatic carbocycles. The Morgan fingerprint density at radius 3 is 2.61 bits per heavy atom. The fraction of sp³-hybridized carbons (Fsp3) is 0.933. The first-order valence-corrected chi connectivity index (χ1v) is 7.49. The molecular formula is C15H28N2O. The average Bonchev–Trinajstić information content (AvgIpc) is 2.80. The number of carbonyl (C=O) groups is 1. The smallest absolute Gasteiger partial charge is 0.236 e. The topological polar surface area (TPSA) is 32.3 Å². The van der Waals surface area contributed by atoms with Crippen LogP contribution in [0.3, 0.4) is 0 Å². The third-order valence-electron chi connectivity index (χ3n) is 4.67. The van der Waals surface area contributed by atoms with Crippen LogP contribution < -0.4 is 5.32 Å². The molecule has 0 aromatic rings. The zero-order valence-corrected chi connectivity index (χ0v) is 12.2. The van der Waals surface area contributed by atoms with Crippen molar-refractivity contribution in [3.63, 3.8) is 0 Å². The highest BCUT2D eigenvalue weighted by Gasteiger charge is 2.32. The molecule has 0 spiro atoms. The molecule has 2 aliphatic rings. The Morgan fingerprint density at radius 1 is 1.33 bits per heavy atom. The van der Waals surface area contributed by atoms with Crippen LogP contribution in [-0.2, 0) is 4.79 Å². The van der Waals surface area contributed by atoms with E-state index >= 15 is 0 Å². The summed E-state index contributed by atoms with van der Waals surface area (Å²) in [5, 5.41) is 3.49. The van der Waals surface area contributed by atoms with Crippen molar-refractivity contribution in [3.05, 3.63) is 0 Å². The molecule has 3 nitrogen and oxygen atoms in total. The van der Waals surface area contributed by atoms with E-state index in [9.17, 15) is 4.79 Å². The zero-order chi connectivity index (χ0) is 13.2. The lowest BCUT2D eigenvalue weighted by atomic mass is 9.70. The largest absolute Gasteiger partial charge is 0.342 e. The summed E-state index contributed by atoms with van der Waals surface area (Å²) in [5.74, 6) is 0.977. The van der Waals surface area contributed by atoms with E-state index in [4.69, 9.17) is 0 Å². The highest BCUT2D eigenvalue weighted by atomic mass is 16.2. The lowest BCUT2D eigenvalue weighted by Gasteiger charge is -2.39. The molecule has 1 amide bonds. The molecule has 18 heavy (non-hydrogen) atoms. The van der Waals surface area contributed by atoms with Crippen LogP contribution >= 0.6 is 0 Å². The maximum Gasteiger partial charge on any atom is 0.236 e. The molecule has 2 atom stereocenters. The first-order valence-electron chi connectivity index (χ1n) is 7.49. The van der Waals surface area contributed by atoms with Gasteiger partial charge in [-0.25, -0.2) is 0 Å². The molecule has 0 aromatic heterocycles. The lowest BCUT2D eigenvalue weighted by molar-refractivity contribution is -0.129. The van der Waals surface area contributed by atoms with Crippen molar-refractivity contribution in [2.24, 2.45) is 11.3 Å². The maximum atomic E-state index is 12.0. The lowest BCUT2D eigenvalue weighted by Crippen LogP contribution is -2.46. The van der Waals surface area contributed by atoms with Gasteiger partial charge in [-0.3, -0.25) is 4.79 Å². The molecule has 0 radical (unpaired) electrons. The molecule has 0 bridgehead atoms. The second kappa shape index (κ2) is 5.60. The molecule has 1 aliphatic carbocycles. The van der Waals surface area contributed by atoms with Crippen LogP contribution in [-0.4, -0.2) is 36.5 Å². The van der Waals surface area contributed by atoms with Crippen LogP contribution in [0, 0.1) is 11.3 Å². The van der Waals surface area contributed by atoms with E-state index in [1.807, 2.05) is 4.90 Å². The minimum Gasteiger partial charge on any atom is -0.342 e. The number of hydrogen-bond acceptors (Lipinski definition) is 2. The van der Waals surface area contributed by atoms with E-state index < -0.39 is 0 Å². The van der Waals surface area contributed by atoms with E-state index in [0.717, 1.165) is 13.1 Å². The van der Waals surface area contributed by atoms with Crippen LogP contribution in [0.15, 0.2) is 0 Å². The molecular weight excluding hydrogens is 224 g/mol. The van der Waals surface area contributed by atoms with Crippen LogP contribution in [0.25, 0.3) is 0 Å². The molecule has 3 heteroatoms. The van der Waals surface area contributed by atoms with Crippen LogP contribution in [0.1, 0.15) is 52.9 Å². The number of nitrogens with one attached hydrogen (secondary N) is 1. The van der Waals surface area contributed by atoms with E-state index in [1.165, 1.54) is 32.1 Å². The van der Waals surface area contributed by atoms with Crippen molar-refractivity contribution in [2.45, 2.75) is 58.9 Å². The second-order valence-electron chi connectivity index (χ2n) is 6.96. The van der Waals surface area contributed by atoms with Gasteiger partial charge < -0.3 is 10.2 Å². The van der Waals surface area contributed by atoms with Gasteiger partial charge in [-0.2, -0.15) is 0 Å². The quantitative estimate of drug-likeness (QED) is 0.836. The summed E-state index contributed by atoms with van der Waals surface area (Å²) >= 11 is 0. The van der Waals surface area contributed by atoms with E-state index in [1.54, 1.807) is 0 Å². The Kier molecular flexibility index (Phi) is 4.31. The normalized spacial score (nSPS) is 31.6. The predicted octanol–water partition coefficient (Wildman–Crippen LogP) is 2.41. The number of hydrogen-bond donors (Lipinski definition) is 1. The number of nitrogens with zero attached hydrogens (tertiary/aromatic N) is 1. The summed E-state index contributed by atoms with van der Waals surface area (Å²) in [6.45, 7) is 9.50. The highest BCUT2D eigenvalue weighted by Crippen LogP contribution is 2.38. The van der Waals surface area contributed by atoms with Gasteiger partial charge in [-0.15, -0.1) is 0 Å². The molecule has 1 aliphatic heterocycles. The molecule has 2 fully saturated rings. The minimum absolute atomic E-state index is 0.296. The van der Waals surface area contributed by atoms with Crippen molar-refractivity contribution >= 4 is 5.91 Å². The van der Waals surface area contributed by atoms with Gasteiger partial charge in [-0.1, -0.05) is 20.8 Å². The van der Waals surface area contributed by atoms with Gasteiger partial charge in [0.1, 0.15) is 0 Å². The molecule has 1 heterocycles. The van der Waals surface area contributed by atoms with Gasteiger partial charge in [0.25, 0.3) is 0 Å². The van der Waals surface area contributed by atoms with Gasteiger partial charge in [0, 0.05) is 19.1 Å².